The molecule has 0 bridgehead atoms. The van der Waals surface area contributed by atoms with Crippen LogP contribution in [0.15, 0.2) is 53.7 Å². The zero-order valence-corrected chi connectivity index (χ0v) is 18.6. The van der Waals surface area contributed by atoms with Crippen molar-refractivity contribution in [3.8, 4) is 0 Å². The predicted molar refractivity (Wildman–Crippen MR) is 119 cm³/mol. The first kappa shape index (κ1) is 22.1. The number of benzene rings is 2. The Morgan fingerprint density at radius 1 is 1.10 bits per heavy atom. The molecule has 0 radical (unpaired) electrons. The Hall–Kier alpha value is -2.55. The van der Waals surface area contributed by atoms with Crippen LogP contribution in [0.25, 0.3) is 0 Å². The van der Waals surface area contributed by atoms with Crippen LogP contribution >= 0.6 is 35.0 Å². The van der Waals surface area contributed by atoms with Gasteiger partial charge in [0.05, 0.1) is 11.8 Å². The average Bonchev–Trinajstić information content (AvgIpc) is 3.07. The van der Waals surface area contributed by atoms with Gasteiger partial charge in [-0.15, -0.1) is 10.2 Å². The van der Waals surface area contributed by atoms with E-state index in [-0.39, 0.29) is 23.6 Å². The van der Waals surface area contributed by atoms with Crippen LogP contribution in [0.5, 0.6) is 0 Å². The van der Waals surface area contributed by atoms with Gasteiger partial charge in [-0.25, -0.2) is 0 Å². The van der Waals surface area contributed by atoms with Gasteiger partial charge in [-0.05, 0) is 49.4 Å². The van der Waals surface area contributed by atoms with E-state index < -0.39 is 0 Å². The molecule has 10 heteroatoms. The Kier molecular flexibility index (Phi) is 7.36. The van der Waals surface area contributed by atoms with Crippen LogP contribution in [0.2, 0.25) is 10.0 Å². The first-order valence-electron chi connectivity index (χ1n) is 8.97. The first-order valence-corrected chi connectivity index (χ1v) is 10.7. The van der Waals surface area contributed by atoms with Crippen molar-refractivity contribution in [3.05, 3.63) is 70.0 Å². The van der Waals surface area contributed by atoms with Gasteiger partial charge in [0.15, 0.2) is 11.0 Å². The molecule has 0 aliphatic carbocycles. The van der Waals surface area contributed by atoms with Crippen LogP contribution in [0, 0.1) is 0 Å². The van der Waals surface area contributed by atoms with Crippen molar-refractivity contribution < 1.29 is 9.59 Å². The number of anilines is 1. The molecule has 0 aliphatic rings. The summed E-state index contributed by atoms with van der Waals surface area (Å²) in [5.74, 6) is 0.313. The maximum Gasteiger partial charge on any atom is 0.251 e. The third-order valence-corrected chi connectivity index (χ3v) is 5.66. The smallest absolute Gasteiger partial charge is 0.251 e. The number of carbonyl (C=O) groups excluding carboxylic acids is 2. The molecular formula is C20H19Cl2N5O2S. The lowest BCUT2D eigenvalue weighted by molar-refractivity contribution is -0.113. The molecule has 3 rings (SSSR count). The molecule has 156 valence electrons. The second-order valence-corrected chi connectivity index (χ2v) is 8.26. The van der Waals surface area contributed by atoms with Gasteiger partial charge in [0.2, 0.25) is 5.91 Å². The number of nitrogens with one attached hydrogen (secondary N) is 2. The van der Waals surface area contributed by atoms with Crippen molar-refractivity contribution in [2.45, 2.75) is 18.1 Å². The largest absolute Gasteiger partial charge is 0.342 e. The van der Waals surface area contributed by atoms with Gasteiger partial charge in [0.1, 0.15) is 0 Å². The third-order valence-electron chi connectivity index (χ3n) is 4.15. The monoisotopic (exact) mass is 463 g/mol. The van der Waals surface area contributed by atoms with E-state index in [1.165, 1.54) is 11.8 Å². The number of thioether (sulfide) groups is 1. The number of aromatic nitrogens is 3. The van der Waals surface area contributed by atoms with Crippen molar-refractivity contribution in [3.63, 3.8) is 0 Å². The minimum atomic E-state index is -0.375. The van der Waals surface area contributed by atoms with Crippen molar-refractivity contribution in [2.24, 2.45) is 7.05 Å². The highest BCUT2D eigenvalue weighted by atomic mass is 35.5. The van der Waals surface area contributed by atoms with Gasteiger partial charge in [0.25, 0.3) is 5.91 Å². The molecule has 0 fully saturated rings. The molecule has 1 aromatic heterocycles. The van der Waals surface area contributed by atoms with Crippen LogP contribution < -0.4 is 10.6 Å². The molecule has 0 saturated heterocycles. The number of nitrogens with zero attached hydrogens (tertiary/aromatic N) is 3. The van der Waals surface area contributed by atoms with Gasteiger partial charge in [-0.1, -0.05) is 41.0 Å². The van der Waals surface area contributed by atoms with Crippen molar-refractivity contribution in [1.29, 1.82) is 0 Å². The SMILES string of the molecule is C[C@H](NC(=O)c1ccc(Cl)cc1)c1nnc(SCC(=O)Nc2cccc(Cl)c2)n1C. The van der Waals surface area contributed by atoms with E-state index in [4.69, 9.17) is 23.2 Å². The molecule has 0 saturated carbocycles. The van der Waals surface area contributed by atoms with Gasteiger partial charge < -0.3 is 15.2 Å². The van der Waals surface area contributed by atoms with Crippen LogP contribution in [0.4, 0.5) is 5.69 Å². The average molecular weight is 464 g/mol. The molecule has 2 N–H and O–H groups in total. The minimum Gasteiger partial charge on any atom is -0.342 e. The Balaban J connectivity index is 1.57. The molecule has 0 unspecified atom stereocenters. The molecule has 0 aliphatic heterocycles. The van der Waals surface area contributed by atoms with Gasteiger partial charge in [-0.2, -0.15) is 0 Å². The fraction of sp³-hybridized carbons (Fsp3) is 0.200. The predicted octanol–water partition coefficient (Wildman–Crippen LogP) is 4.34. The van der Waals surface area contributed by atoms with E-state index in [9.17, 15) is 9.59 Å². The summed E-state index contributed by atoms with van der Waals surface area (Å²) in [6.07, 6.45) is 0. The number of carbonyl (C=O) groups is 2. The van der Waals surface area contributed by atoms with Gasteiger partial charge in [-0.3, -0.25) is 9.59 Å². The van der Waals surface area contributed by atoms with Crippen LogP contribution in [-0.4, -0.2) is 32.3 Å². The highest BCUT2D eigenvalue weighted by Crippen LogP contribution is 2.21. The lowest BCUT2D eigenvalue weighted by Gasteiger charge is -2.13. The summed E-state index contributed by atoms with van der Waals surface area (Å²) in [7, 11) is 1.79. The molecule has 30 heavy (non-hydrogen) atoms. The number of hydrogen-bond acceptors (Lipinski definition) is 5. The topological polar surface area (TPSA) is 88.9 Å². The number of hydrogen-bond donors (Lipinski definition) is 2. The fourth-order valence-corrected chi connectivity index (χ4v) is 3.70. The number of halogens is 2. The summed E-state index contributed by atoms with van der Waals surface area (Å²) in [6.45, 7) is 1.82. The molecular weight excluding hydrogens is 445 g/mol. The van der Waals surface area contributed by atoms with Crippen LogP contribution in [0.1, 0.15) is 29.1 Å². The van der Waals surface area contributed by atoms with Crippen LogP contribution in [-0.2, 0) is 11.8 Å². The highest BCUT2D eigenvalue weighted by Gasteiger charge is 2.19. The maximum absolute atomic E-state index is 12.4. The molecule has 3 aromatic rings. The zero-order chi connectivity index (χ0) is 21.7. The summed E-state index contributed by atoms with van der Waals surface area (Å²) < 4.78 is 1.75. The highest BCUT2D eigenvalue weighted by molar-refractivity contribution is 7.99. The second-order valence-electron chi connectivity index (χ2n) is 6.45. The van der Waals surface area contributed by atoms with E-state index >= 15 is 0 Å². The summed E-state index contributed by atoms with van der Waals surface area (Å²) >= 11 is 13.0. The van der Waals surface area contributed by atoms with Crippen molar-refractivity contribution in [1.82, 2.24) is 20.1 Å². The summed E-state index contributed by atoms with van der Waals surface area (Å²) in [5, 5.41) is 15.6. The summed E-state index contributed by atoms with van der Waals surface area (Å²) in [6, 6.07) is 13.2. The molecule has 2 aromatic carbocycles. The zero-order valence-electron chi connectivity index (χ0n) is 16.2. The molecule has 2 amide bonds. The quantitative estimate of drug-likeness (QED) is 0.508. The van der Waals surface area contributed by atoms with Gasteiger partial charge in [0, 0.05) is 28.3 Å². The fourth-order valence-electron chi connectivity index (χ4n) is 2.67. The van der Waals surface area contributed by atoms with Crippen molar-refractivity contribution >= 4 is 52.5 Å². The van der Waals surface area contributed by atoms with E-state index in [0.29, 0.717) is 32.3 Å². The molecule has 1 heterocycles. The normalized spacial score (nSPS) is 11.7. The number of amides is 2. The summed E-state index contributed by atoms with van der Waals surface area (Å²) in [4.78, 5) is 24.6. The first-order chi connectivity index (χ1) is 14.3. The second kappa shape index (κ2) is 9.97. The third kappa shape index (κ3) is 5.75. The molecule has 7 nitrogen and oxygen atoms in total. The lowest BCUT2D eigenvalue weighted by Crippen LogP contribution is -2.28. The van der Waals surface area contributed by atoms with E-state index in [2.05, 4.69) is 20.8 Å². The minimum absolute atomic E-state index is 0.157. The maximum atomic E-state index is 12.4. The van der Waals surface area contributed by atoms with Crippen molar-refractivity contribution in [2.75, 3.05) is 11.1 Å². The molecule has 0 spiro atoms. The standard InChI is InChI=1S/C20H19Cl2N5O2S/c1-12(23-19(29)13-6-8-14(21)9-7-13)18-25-26-20(27(18)2)30-11-17(28)24-16-5-3-4-15(22)10-16/h3-10,12H,11H2,1-2H3,(H,23,29)(H,24,28)/t12-/m0/s1. The van der Waals surface area contributed by atoms with E-state index in [1.54, 1.807) is 60.1 Å². The van der Waals surface area contributed by atoms with Crippen LogP contribution in [0.3, 0.4) is 0 Å². The lowest BCUT2D eigenvalue weighted by atomic mass is 10.2. The Bertz CT molecular complexity index is 1060. The Labute approximate surface area is 188 Å². The Morgan fingerprint density at radius 2 is 1.83 bits per heavy atom. The molecule has 1 atom stereocenters. The van der Waals surface area contributed by atoms with E-state index in [0.717, 1.165) is 0 Å². The van der Waals surface area contributed by atoms with E-state index in [1.807, 2.05) is 6.92 Å². The van der Waals surface area contributed by atoms with Gasteiger partial charge >= 0.3 is 0 Å². The summed E-state index contributed by atoms with van der Waals surface area (Å²) in [5.41, 5.74) is 1.13. The Morgan fingerprint density at radius 3 is 2.53 bits per heavy atom. The number of rotatable bonds is 7.